The minimum atomic E-state index is -0.590. The Morgan fingerprint density at radius 3 is 2.41 bits per heavy atom. The number of halogens is 1. The van der Waals surface area contributed by atoms with E-state index in [1.807, 2.05) is 26.0 Å². The van der Waals surface area contributed by atoms with Crippen LogP contribution < -0.4 is 19.7 Å². The maximum absolute atomic E-state index is 13.2. The molecule has 0 aromatic heterocycles. The van der Waals surface area contributed by atoms with Gasteiger partial charge in [0.25, 0.3) is 11.8 Å². The molecule has 150 valence electrons. The molecule has 8 heteroatoms. The van der Waals surface area contributed by atoms with Gasteiger partial charge in [0, 0.05) is 6.07 Å². The lowest BCUT2D eigenvalue weighted by molar-refractivity contribution is -0.122. The molecule has 0 atom stereocenters. The second-order valence-electron chi connectivity index (χ2n) is 6.41. The van der Waals surface area contributed by atoms with E-state index in [9.17, 15) is 9.59 Å². The Balaban J connectivity index is 2.10. The molecular weight excluding hydrogens is 412 g/mol. The van der Waals surface area contributed by atoms with Crippen LogP contribution in [0.1, 0.15) is 16.7 Å². The Labute approximate surface area is 179 Å². The molecule has 0 aliphatic carbocycles. The summed E-state index contributed by atoms with van der Waals surface area (Å²) in [6.45, 7) is 3.83. The predicted octanol–water partition coefficient (Wildman–Crippen LogP) is 3.81. The van der Waals surface area contributed by atoms with Gasteiger partial charge in [0.05, 0.1) is 24.9 Å². The fourth-order valence-electron chi connectivity index (χ4n) is 2.99. The van der Waals surface area contributed by atoms with E-state index in [1.165, 1.54) is 25.2 Å². The van der Waals surface area contributed by atoms with Crippen LogP contribution in [0.2, 0.25) is 5.02 Å². The highest BCUT2D eigenvalue weighted by molar-refractivity contribution is 7.80. The molecule has 1 aliphatic rings. The number of hydrogen-bond acceptors (Lipinski definition) is 5. The van der Waals surface area contributed by atoms with Crippen LogP contribution in [0, 0.1) is 13.8 Å². The first-order valence-electron chi connectivity index (χ1n) is 8.67. The maximum Gasteiger partial charge on any atom is 0.270 e. The van der Waals surface area contributed by atoms with Crippen molar-refractivity contribution in [2.45, 2.75) is 13.8 Å². The topological polar surface area (TPSA) is 67.9 Å². The van der Waals surface area contributed by atoms with Crippen LogP contribution in [0.25, 0.3) is 6.08 Å². The summed E-state index contributed by atoms with van der Waals surface area (Å²) in [6, 6.07) is 8.72. The molecule has 1 N–H and O–H groups in total. The summed E-state index contributed by atoms with van der Waals surface area (Å²) in [4.78, 5) is 27.1. The predicted molar refractivity (Wildman–Crippen MR) is 117 cm³/mol. The van der Waals surface area contributed by atoms with Gasteiger partial charge in [0.15, 0.2) is 16.6 Å². The molecule has 0 saturated carbocycles. The van der Waals surface area contributed by atoms with E-state index in [0.717, 1.165) is 11.1 Å². The number of amides is 2. The molecular formula is C21H19ClN2O4S. The van der Waals surface area contributed by atoms with Gasteiger partial charge in [-0.25, -0.2) is 0 Å². The molecule has 2 aromatic rings. The molecule has 0 bridgehead atoms. The van der Waals surface area contributed by atoms with E-state index < -0.39 is 11.8 Å². The van der Waals surface area contributed by atoms with Crippen molar-refractivity contribution in [3.05, 3.63) is 57.6 Å². The molecule has 0 radical (unpaired) electrons. The van der Waals surface area contributed by atoms with Gasteiger partial charge in [0.2, 0.25) is 0 Å². The monoisotopic (exact) mass is 430 g/mol. The summed E-state index contributed by atoms with van der Waals surface area (Å²) in [5, 5.41) is 2.92. The average molecular weight is 431 g/mol. The Kier molecular flexibility index (Phi) is 5.91. The zero-order valence-corrected chi connectivity index (χ0v) is 17.9. The molecule has 1 aliphatic heterocycles. The summed E-state index contributed by atoms with van der Waals surface area (Å²) < 4.78 is 10.5. The van der Waals surface area contributed by atoms with E-state index in [4.69, 9.17) is 33.3 Å². The molecule has 1 heterocycles. The van der Waals surface area contributed by atoms with Crippen molar-refractivity contribution < 1.29 is 19.1 Å². The molecule has 1 fully saturated rings. The number of anilines is 1. The summed E-state index contributed by atoms with van der Waals surface area (Å²) >= 11 is 11.6. The quantitative estimate of drug-likeness (QED) is 0.454. The summed E-state index contributed by atoms with van der Waals surface area (Å²) in [5.41, 5.74) is 2.86. The fraction of sp³-hybridized carbons (Fsp3) is 0.190. The highest BCUT2D eigenvalue weighted by atomic mass is 35.5. The lowest BCUT2D eigenvalue weighted by Gasteiger charge is -2.30. The van der Waals surface area contributed by atoms with Gasteiger partial charge in [0.1, 0.15) is 5.57 Å². The number of benzene rings is 2. The lowest BCUT2D eigenvalue weighted by atomic mass is 10.0. The van der Waals surface area contributed by atoms with Gasteiger partial charge in [-0.05, 0) is 61.0 Å². The van der Waals surface area contributed by atoms with Gasteiger partial charge < -0.3 is 9.47 Å². The van der Waals surface area contributed by atoms with Gasteiger partial charge in [-0.15, -0.1) is 0 Å². The van der Waals surface area contributed by atoms with Crippen molar-refractivity contribution in [3.8, 4) is 11.5 Å². The molecule has 2 amide bonds. The minimum Gasteiger partial charge on any atom is -0.493 e. The van der Waals surface area contributed by atoms with Gasteiger partial charge in [-0.2, -0.15) is 0 Å². The first-order valence-corrected chi connectivity index (χ1v) is 9.46. The lowest BCUT2D eigenvalue weighted by Crippen LogP contribution is -2.54. The van der Waals surface area contributed by atoms with Crippen LogP contribution in [-0.4, -0.2) is 31.1 Å². The highest BCUT2D eigenvalue weighted by Crippen LogP contribution is 2.35. The second kappa shape index (κ2) is 8.23. The third-order valence-electron chi connectivity index (χ3n) is 4.72. The maximum atomic E-state index is 13.2. The second-order valence-corrected chi connectivity index (χ2v) is 7.20. The summed E-state index contributed by atoms with van der Waals surface area (Å²) in [5.74, 6) is -0.253. The van der Waals surface area contributed by atoms with Gasteiger partial charge in [-0.1, -0.05) is 23.7 Å². The van der Waals surface area contributed by atoms with E-state index in [2.05, 4.69) is 5.32 Å². The molecule has 3 rings (SSSR count). The number of aryl methyl sites for hydroxylation is 1. The zero-order valence-electron chi connectivity index (χ0n) is 16.3. The van der Waals surface area contributed by atoms with E-state index in [1.54, 1.807) is 18.2 Å². The summed E-state index contributed by atoms with van der Waals surface area (Å²) in [7, 11) is 2.98. The number of hydrogen-bond donors (Lipinski definition) is 1. The molecule has 29 heavy (non-hydrogen) atoms. The van der Waals surface area contributed by atoms with E-state index in [0.29, 0.717) is 27.8 Å². The van der Waals surface area contributed by atoms with Crippen LogP contribution in [0.3, 0.4) is 0 Å². The van der Waals surface area contributed by atoms with Gasteiger partial charge in [-0.3, -0.25) is 19.8 Å². The van der Waals surface area contributed by atoms with E-state index >= 15 is 0 Å². The largest absolute Gasteiger partial charge is 0.493 e. The number of ether oxygens (including phenoxy) is 2. The number of thiocarbonyl (C=S) groups is 1. The smallest absolute Gasteiger partial charge is 0.270 e. The SMILES string of the molecule is COc1cc(Cl)c(/C=C2\C(=O)NC(=S)N(c3cccc(C)c3C)C2=O)cc1OC. The van der Waals surface area contributed by atoms with Crippen LogP contribution in [0.5, 0.6) is 11.5 Å². The first-order chi connectivity index (χ1) is 13.8. The Morgan fingerprint density at radius 1 is 1.10 bits per heavy atom. The van der Waals surface area contributed by atoms with Crippen LogP contribution >= 0.6 is 23.8 Å². The standard InChI is InChI=1S/C21H19ClN2O4S/c1-11-6-5-7-16(12(11)2)24-20(26)14(19(25)23-21(24)29)8-13-9-17(27-3)18(28-4)10-15(13)22/h5-10H,1-4H3,(H,23,25,29)/b14-8+. The fourth-order valence-corrected chi connectivity index (χ4v) is 3.47. The number of nitrogens with zero attached hydrogens (tertiary/aromatic N) is 1. The first kappa shape index (κ1) is 20.8. The van der Waals surface area contributed by atoms with Crippen molar-refractivity contribution in [2.75, 3.05) is 19.1 Å². The van der Waals surface area contributed by atoms with Crippen LogP contribution in [0.15, 0.2) is 35.9 Å². The molecule has 6 nitrogen and oxygen atoms in total. The Hall–Kier alpha value is -2.90. The van der Waals surface area contributed by atoms with Crippen molar-refractivity contribution in [1.29, 1.82) is 0 Å². The molecule has 0 spiro atoms. The van der Waals surface area contributed by atoms with Crippen LogP contribution in [-0.2, 0) is 9.59 Å². The number of methoxy groups -OCH3 is 2. The Morgan fingerprint density at radius 2 is 1.76 bits per heavy atom. The summed E-state index contributed by atoms with van der Waals surface area (Å²) in [6.07, 6.45) is 1.42. The average Bonchev–Trinajstić information content (AvgIpc) is 2.68. The van der Waals surface area contributed by atoms with Crippen LogP contribution in [0.4, 0.5) is 5.69 Å². The number of carbonyl (C=O) groups excluding carboxylic acids is 2. The van der Waals surface area contributed by atoms with Crippen molar-refractivity contribution in [2.24, 2.45) is 0 Å². The minimum absolute atomic E-state index is 0.0317. The van der Waals surface area contributed by atoms with Crippen molar-refractivity contribution in [3.63, 3.8) is 0 Å². The molecule has 0 unspecified atom stereocenters. The third kappa shape index (κ3) is 3.83. The normalized spacial score (nSPS) is 15.6. The Bertz CT molecular complexity index is 1060. The van der Waals surface area contributed by atoms with Crippen molar-refractivity contribution in [1.82, 2.24) is 5.32 Å². The van der Waals surface area contributed by atoms with Gasteiger partial charge >= 0.3 is 0 Å². The molecule has 1 saturated heterocycles. The highest BCUT2D eigenvalue weighted by Gasteiger charge is 2.35. The number of nitrogens with one attached hydrogen (secondary N) is 1. The van der Waals surface area contributed by atoms with E-state index in [-0.39, 0.29) is 10.7 Å². The number of rotatable bonds is 4. The third-order valence-corrected chi connectivity index (χ3v) is 5.33. The van der Waals surface area contributed by atoms with Crippen molar-refractivity contribution >= 4 is 52.5 Å². The molecule has 2 aromatic carbocycles. The zero-order chi connectivity index (χ0) is 21.3. The number of carbonyl (C=O) groups is 2.